The molecule has 2 aliphatic rings. The maximum Gasteiger partial charge on any atom is 0.337 e. The molecule has 0 radical (unpaired) electrons. The molecule has 2 saturated heterocycles. The molecule has 2 N–H and O–H groups in total. The maximum atomic E-state index is 12.6. The summed E-state index contributed by atoms with van der Waals surface area (Å²) in [7, 11) is 0. The van der Waals surface area contributed by atoms with E-state index in [9.17, 15) is 9.59 Å². The first-order valence-corrected chi connectivity index (χ1v) is 10.3. The van der Waals surface area contributed by atoms with Gasteiger partial charge in [-0.25, -0.2) is 14.3 Å². The van der Waals surface area contributed by atoms with E-state index in [1.54, 1.807) is 6.33 Å². The van der Waals surface area contributed by atoms with E-state index in [0.717, 1.165) is 37.9 Å². The van der Waals surface area contributed by atoms with Gasteiger partial charge < -0.3 is 4.57 Å². The average Bonchev–Trinajstić information content (AvgIpc) is 3.49. The van der Waals surface area contributed by atoms with Gasteiger partial charge in [0.05, 0.1) is 12.0 Å². The highest BCUT2D eigenvalue weighted by atomic mass is 16.2. The standard InChI is InChI=1S/C19H20N10O2/c30-16-15-17(29(19(31)22-16)18-23-25-26-24-18)28(10-21-15)14-7-12-4-5-13(8-14)27(12)9-11-3-1-2-6-20-11/h1-3,6,10,12-14H,4-5,7-9H2,(H,22,30,31)(H,23,24,25,26). The lowest BCUT2D eigenvalue weighted by Gasteiger charge is -2.39. The normalized spacial score (nSPS) is 23.5. The van der Waals surface area contributed by atoms with Gasteiger partial charge in [0, 0.05) is 30.9 Å². The van der Waals surface area contributed by atoms with Crippen molar-refractivity contribution >= 4 is 11.2 Å². The van der Waals surface area contributed by atoms with Gasteiger partial charge in [0.1, 0.15) is 0 Å². The Kier molecular flexibility index (Phi) is 4.06. The van der Waals surface area contributed by atoms with Gasteiger partial charge in [-0.1, -0.05) is 11.2 Å². The Balaban J connectivity index is 1.38. The fourth-order valence-corrected chi connectivity index (χ4v) is 5.16. The minimum Gasteiger partial charge on any atom is -0.313 e. The molecule has 2 bridgehead atoms. The maximum absolute atomic E-state index is 12.6. The Hall–Kier alpha value is -3.67. The van der Waals surface area contributed by atoms with Crippen LogP contribution >= 0.6 is 0 Å². The lowest BCUT2D eigenvalue weighted by molar-refractivity contribution is 0.0989. The summed E-state index contributed by atoms with van der Waals surface area (Å²) in [4.78, 5) is 38.6. The van der Waals surface area contributed by atoms with Crippen molar-refractivity contribution in [3.8, 4) is 5.95 Å². The molecule has 2 fully saturated rings. The van der Waals surface area contributed by atoms with Gasteiger partial charge in [-0.2, -0.15) is 5.21 Å². The van der Waals surface area contributed by atoms with Crippen molar-refractivity contribution < 1.29 is 0 Å². The van der Waals surface area contributed by atoms with E-state index in [1.807, 2.05) is 22.9 Å². The van der Waals surface area contributed by atoms with Crippen LogP contribution in [-0.4, -0.2) is 61.7 Å². The molecule has 0 saturated carbocycles. The van der Waals surface area contributed by atoms with Crippen LogP contribution in [0.25, 0.3) is 17.1 Å². The number of nitrogens with one attached hydrogen (secondary N) is 2. The number of piperidine rings is 1. The third kappa shape index (κ3) is 2.90. The number of hydrogen-bond donors (Lipinski definition) is 2. The third-order valence-corrected chi connectivity index (χ3v) is 6.48. The highest BCUT2D eigenvalue weighted by Crippen LogP contribution is 2.42. The molecule has 2 unspecified atom stereocenters. The molecule has 31 heavy (non-hydrogen) atoms. The average molecular weight is 420 g/mol. The minimum absolute atomic E-state index is 0.0727. The Morgan fingerprint density at radius 1 is 1.06 bits per heavy atom. The Labute approximate surface area is 174 Å². The molecule has 6 heterocycles. The number of aromatic nitrogens is 9. The predicted molar refractivity (Wildman–Crippen MR) is 109 cm³/mol. The predicted octanol–water partition coefficient (Wildman–Crippen LogP) is 0.152. The van der Waals surface area contributed by atoms with E-state index in [0.29, 0.717) is 17.7 Å². The second-order valence-electron chi connectivity index (χ2n) is 8.13. The van der Waals surface area contributed by atoms with Crippen molar-refractivity contribution in [3.05, 3.63) is 57.3 Å². The van der Waals surface area contributed by atoms with Crippen molar-refractivity contribution in [2.45, 2.75) is 50.4 Å². The van der Waals surface area contributed by atoms with Crippen molar-refractivity contribution in [2.75, 3.05) is 0 Å². The summed E-state index contributed by atoms with van der Waals surface area (Å²) in [6.45, 7) is 0.834. The number of aromatic amines is 2. The smallest absolute Gasteiger partial charge is 0.313 e. The first-order valence-electron chi connectivity index (χ1n) is 10.3. The quantitative estimate of drug-likeness (QED) is 0.475. The largest absolute Gasteiger partial charge is 0.337 e. The first-order chi connectivity index (χ1) is 15.2. The van der Waals surface area contributed by atoms with Crippen LogP contribution in [-0.2, 0) is 6.54 Å². The van der Waals surface area contributed by atoms with Crippen molar-refractivity contribution in [3.63, 3.8) is 0 Å². The fourth-order valence-electron chi connectivity index (χ4n) is 5.16. The fraction of sp³-hybridized carbons (Fsp3) is 0.421. The van der Waals surface area contributed by atoms with Crippen LogP contribution in [0.15, 0.2) is 40.3 Å². The van der Waals surface area contributed by atoms with Gasteiger partial charge in [0.25, 0.3) is 11.5 Å². The van der Waals surface area contributed by atoms with Crippen LogP contribution in [0.3, 0.4) is 0 Å². The lowest BCUT2D eigenvalue weighted by atomic mass is 9.96. The van der Waals surface area contributed by atoms with Gasteiger partial charge >= 0.3 is 5.69 Å². The number of imidazole rings is 1. The molecular weight excluding hydrogens is 400 g/mol. The summed E-state index contributed by atoms with van der Waals surface area (Å²) in [5, 5.41) is 13.8. The molecular formula is C19H20N10O2. The molecule has 2 aliphatic heterocycles. The van der Waals surface area contributed by atoms with Gasteiger partial charge in [-0.3, -0.25) is 19.7 Å². The second-order valence-corrected chi connectivity index (χ2v) is 8.13. The molecule has 0 amide bonds. The molecule has 0 aromatic carbocycles. The summed E-state index contributed by atoms with van der Waals surface area (Å²) in [5.41, 5.74) is 0.527. The summed E-state index contributed by atoms with van der Waals surface area (Å²) >= 11 is 0. The Morgan fingerprint density at radius 3 is 2.61 bits per heavy atom. The molecule has 2 atom stereocenters. The number of H-pyrrole nitrogens is 2. The SMILES string of the molecule is O=c1[nH]c(=O)n(-c2nn[nH]n2)c2c1ncn2C1CC2CCC(C1)N2Cc1ccccn1. The van der Waals surface area contributed by atoms with Gasteiger partial charge in [-0.05, 0) is 43.0 Å². The minimum atomic E-state index is -0.615. The number of nitrogens with zero attached hydrogens (tertiary/aromatic N) is 8. The number of rotatable bonds is 4. The van der Waals surface area contributed by atoms with Crippen LogP contribution in [0.2, 0.25) is 0 Å². The second kappa shape index (κ2) is 6.94. The summed E-state index contributed by atoms with van der Waals surface area (Å²) in [6.07, 6.45) is 7.53. The third-order valence-electron chi connectivity index (χ3n) is 6.48. The highest BCUT2D eigenvalue weighted by molar-refractivity contribution is 5.71. The number of pyridine rings is 1. The number of tetrazole rings is 1. The topological polar surface area (TPSA) is 143 Å². The van der Waals surface area contributed by atoms with Crippen LogP contribution in [0.4, 0.5) is 0 Å². The zero-order valence-electron chi connectivity index (χ0n) is 16.5. The Bertz CT molecular complexity index is 1330. The lowest BCUT2D eigenvalue weighted by Crippen LogP contribution is -2.43. The monoisotopic (exact) mass is 420 g/mol. The van der Waals surface area contributed by atoms with Crippen LogP contribution < -0.4 is 11.2 Å². The summed E-state index contributed by atoms with van der Waals surface area (Å²) in [6, 6.07) is 6.95. The van der Waals surface area contributed by atoms with Crippen molar-refractivity contribution in [2.24, 2.45) is 0 Å². The number of hydrogen-bond acceptors (Lipinski definition) is 8. The first kappa shape index (κ1) is 18.1. The summed E-state index contributed by atoms with van der Waals surface area (Å²) < 4.78 is 3.20. The van der Waals surface area contributed by atoms with Crippen molar-refractivity contribution in [1.82, 2.24) is 49.6 Å². The molecule has 0 spiro atoms. The summed E-state index contributed by atoms with van der Waals surface area (Å²) in [5.74, 6) is 0.0727. The van der Waals surface area contributed by atoms with Crippen LogP contribution in [0.5, 0.6) is 0 Å². The highest BCUT2D eigenvalue weighted by Gasteiger charge is 2.42. The number of fused-ring (bicyclic) bond motifs is 3. The van der Waals surface area contributed by atoms with Crippen LogP contribution in [0, 0.1) is 0 Å². The molecule has 12 nitrogen and oxygen atoms in total. The Morgan fingerprint density at radius 2 is 1.90 bits per heavy atom. The van der Waals surface area contributed by atoms with Gasteiger partial charge in [0.15, 0.2) is 11.2 Å². The molecule has 6 rings (SSSR count). The van der Waals surface area contributed by atoms with Crippen LogP contribution in [0.1, 0.15) is 37.4 Å². The van der Waals surface area contributed by atoms with E-state index in [4.69, 9.17) is 0 Å². The molecule has 12 heteroatoms. The van der Waals surface area contributed by atoms with E-state index in [-0.39, 0.29) is 17.5 Å². The zero-order chi connectivity index (χ0) is 20.9. The van der Waals surface area contributed by atoms with E-state index in [2.05, 4.69) is 46.5 Å². The van der Waals surface area contributed by atoms with E-state index < -0.39 is 11.2 Å². The van der Waals surface area contributed by atoms with Gasteiger partial charge in [-0.15, -0.1) is 5.10 Å². The molecule has 158 valence electrons. The zero-order valence-corrected chi connectivity index (χ0v) is 16.5. The van der Waals surface area contributed by atoms with E-state index in [1.165, 1.54) is 4.57 Å². The molecule has 4 aromatic rings. The van der Waals surface area contributed by atoms with Gasteiger partial charge in [0.2, 0.25) is 0 Å². The van der Waals surface area contributed by atoms with Crippen molar-refractivity contribution in [1.29, 1.82) is 0 Å². The molecule has 0 aliphatic carbocycles. The molecule has 4 aromatic heterocycles. The van der Waals surface area contributed by atoms with E-state index >= 15 is 0 Å².